The average Bonchev–Trinajstić information content (AvgIpc) is 2.88. The van der Waals surface area contributed by atoms with Crippen molar-refractivity contribution in [1.82, 2.24) is 9.80 Å². The van der Waals surface area contributed by atoms with Crippen molar-refractivity contribution in [1.29, 1.82) is 0 Å². The van der Waals surface area contributed by atoms with Crippen LogP contribution in [0, 0.1) is 0 Å². The molecule has 0 aromatic heterocycles. The van der Waals surface area contributed by atoms with Gasteiger partial charge >= 0.3 is 0 Å². The summed E-state index contributed by atoms with van der Waals surface area (Å²) in [5, 5.41) is 2.31. The number of piperazine rings is 1. The Bertz CT molecular complexity index is 1040. The van der Waals surface area contributed by atoms with Crippen molar-refractivity contribution >= 4 is 22.4 Å². The molecule has 2 saturated heterocycles. The molecule has 0 unspecified atom stereocenters. The van der Waals surface area contributed by atoms with Gasteiger partial charge in [0, 0.05) is 51.0 Å². The van der Waals surface area contributed by atoms with Gasteiger partial charge in [-0.3, -0.25) is 9.69 Å². The molecule has 3 aromatic rings. The minimum absolute atomic E-state index is 0.0884. The van der Waals surface area contributed by atoms with Crippen LogP contribution in [0.1, 0.15) is 12.8 Å². The van der Waals surface area contributed by atoms with Crippen LogP contribution in [0.2, 0.25) is 0 Å². The van der Waals surface area contributed by atoms with E-state index in [1.54, 1.807) is 0 Å². The predicted octanol–water partition coefficient (Wildman–Crippen LogP) is 4.03. The van der Waals surface area contributed by atoms with Crippen molar-refractivity contribution in [2.45, 2.75) is 18.9 Å². The summed E-state index contributed by atoms with van der Waals surface area (Å²) in [6.45, 7) is 6.09. The molecule has 0 bridgehead atoms. The Morgan fingerprint density at radius 1 is 0.781 bits per heavy atom. The number of ether oxygens (including phenoxy) is 1. The maximum atomic E-state index is 12.7. The Kier molecular flexibility index (Phi) is 6.26. The Morgan fingerprint density at radius 3 is 2.22 bits per heavy atom. The number of amides is 1. The molecule has 1 amide bonds. The van der Waals surface area contributed by atoms with Crippen LogP contribution in [-0.2, 0) is 4.79 Å². The maximum absolute atomic E-state index is 12.7. The molecule has 166 valence electrons. The molecule has 2 heterocycles. The highest BCUT2D eigenvalue weighted by atomic mass is 16.5. The Balaban J connectivity index is 1.07. The number of fused-ring (bicyclic) bond motifs is 1. The minimum atomic E-state index is 0.0884. The number of piperidine rings is 1. The van der Waals surface area contributed by atoms with Gasteiger partial charge in [0.25, 0.3) is 5.91 Å². The fourth-order valence-electron chi connectivity index (χ4n) is 4.96. The summed E-state index contributed by atoms with van der Waals surface area (Å²) in [4.78, 5) is 19.8. The summed E-state index contributed by atoms with van der Waals surface area (Å²) >= 11 is 0. The van der Waals surface area contributed by atoms with Gasteiger partial charge in [0.2, 0.25) is 0 Å². The SMILES string of the molecule is O=C(COc1ccc2ccccc2c1)N1CCC(N2CCN(c3ccccc3)CC2)CC1. The second kappa shape index (κ2) is 9.61. The van der Waals surface area contributed by atoms with Crippen LogP contribution in [0.4, 0.5) is 5.69 Å². The number of likely N-dealkylation sites (tertiary alicyclic amines) is 1. The van der Waals surface area contributed by atoms with Gasteiger partial charge in [0.1, 0.15) is 5.75 Å². The first-order chi connectivity index (χ1) is 15.8. The zero-order chi connectivity index (χ0) is 21.8. The van der Waals surface area contributed by atoms with E-state index in [2.05, 4.69) is 52.3 Å². The molecule has 2 fully saturated rings. The van der Waals surface area contributed by atoms with Crippen molar-refractivity contribution in [2.75, 3.05) is 50.8 Å². The van der Waals surface area contributed by atoms with E-state index in [0.29, 0.717) is 6.04 Å². The first-order valence-electron chi connectivity index (χ1n) is 11.7. The Morgan fingerprint density at radius 2 is 1.47 bits per heavy atom. The quantitative estimate of drug-likeness (QED) is 0.614. The normalized spacial score (nSPS) is 18.1. The highest BCUT2D eigenvalue weighted by Crippen LogP contribution is 2.23. The van der Waals surface area contributed by atoms with E-state index in [-0.39, 0.29) is 12.5 Å². The topological polar surface area (TPSA) is 36.0 Å². The summed E-state index contributed by atoms with van der Waals surface area (Å²) in [5.41, 5.74) is 1.32. The van der Waals surface area contributed by atoms with Gasteiger partial charge in [-0.15, -0.1) is 0 Å². The van der Waals surface area contributed by atoms with Crippen molar-refractivity contribution < 1.29 is 9.53 Å². The fraction of sp³-hybridized carbons (Fsp3) is 0.370. The monoisotopic (exact) mass is 429 g/mol. The lowest BCUT2D eigenvalue weighted by Crippen LogP contribution is -2.54. The number of rotatable bonds is 5. The standard InChI is InChI=1S/C27H31N3O2/c31-27(21-32-26-11-10-22-6-4-5-7-23(22)20-26)30-14-12-25(13-15-30)29-18-16-28(17-19-29)24-8-2-1-3-9-24/h1-11,20,25H,12-19,21H2. The molecule has 5 rings (SSSR count). The second-order valence-electron chi connectivity index (χ2n) is 8.77. The lowest BCUT2D eigenvalue weighted by Gasteiger charge is -2.43. The fourth-order valence-corrected chi connectivity index (χ4v) is 4.96. The van der Waals surface area contributed by atoms with Gasteiger partial charge in [-0.1, -0.05) is 48.5 Å². The lowest BCUT2D eigenvalue weighted by atomic mass is 10.0. The second-order valence-corrected chi connectivity index (χ2v) is 8.77. The number of hydrogen-bond donors (Lipinski definition) is 0. The molecular formula is C27H31N3O2. The van der Waals surface area contributed by atoms with Crippen LogP contribution < -0.4 is 9.64 Å². The first-order valence-corrected chi connectivity index (χ1v) is 11.7. The largest absolute Gasteiger partial charge is 0.484 e. The van der Waals surface area contributed by atoms with E-state index >= 15 is 0 Å². The van der Waals surface area contributed by atoms with E-state index in [4.69, 9.17) is 4.74 Å². The average molecular weight is 430 g/mol. The van der Waals surface area contributed by atoms with Crippen LogP contribution in [-0.4, -0.2) is 67.6 Å². The van der Waals surface area contributed by atoms with Gasteiger partial charge in [-0.25, -0.2) is 0 Å². The number of para-hydroxylation sites is 1. The molecule has 0 aliphatic carbocycles. The van der Waals surface area contributed by atoms with Crippen LogP contribution in [0.5, 0.6) is 5.75 Å². The molecule has 5 heteroatoms. The van der Waals surface area contributed by atoms with Gasteiger partial charge in [0.05, 0.1) is 0 Å². The molecule has 2 aliphatic rings. The highest BCUT2D eigenvalue weighted by molar-refractivity contribution is 5.84. The van der Waals surface area contributed by atoms with Gasteiger partial charge < -0.3 is 14.5 Å². The van der Waals surface area contributed by atoms with E-state index in [9.17, 15) is 4.79 Å². The van der Waals surface area contributed by atoms with E-state index in [1.807, 2.05) is 35.2 Å². The molecule has 0 atom stereocenters. The van der Waals surface area contributed by atoms with Crippen LogP contribution in [0.15, 0.2) is 72.8 Å². The van der Waals surface area contributed by atoms with Crippen molar-refractivity contribution in [3.63, 3.8) is 0 Å². The van der Waals surface area contributed by atoms with Gasteiger partial charge in [-0.05, 0) is 47.9 Å². The first kappa shape index (κ1) is 20.8. The zero-order valence-corrected chi connectivity index (χ0v) is 18.5. The van der Waals surface area contributed by atoms with Crippen LogP contribution in [0.3, 0.4) is 0 Å². The number of benzene rings is 3. The number of nitrogens with zero attached hydrogens (tertiary/aromatic N) is 3. The molecule has 32 heavy (non-hydrogen) atoms. The third-order valence-corrected chi connectivity index (χ3v) is 6.85. The van der Waals surface area contributed by atoms with E-state index in [1.165, 1.54) is 11.1 Å². The van der Waals surface area contributed by atoms with Gasteiger partial charge in [0.15, 0.2) is 6.61 Å². The molecule has 0 spiro atoms. The Labute approximate surface area is 190 Å². The van der Waals surface area contributed by atoms with Crippen molar-refractivity contribution in [3.05, 3.63) is 72.8 Å². The summed E-state index contributed by atoms with van der Waals surface area (Å²) in [6.07, 6.45) is 2.10. The number of anilines is 1. The number of hydrogen-bond acceptors (Lipinski definition) is 4. The third-order valence-electron chi connectivity index (χ3n) is 6.85. The Hall–Kier alpha value is -3.05. The summed E-state index contributed by atoms with van der Waals surface area (Å²) in [7, 11) is 0. The molecule has 0 N–H and O–H groups in total. The number of carbonyl (C=O) groups excluding carboxylic acids is 1. The van der Waals surface area contributed by atoms with Crippen molar-refractivity contribution in [3.8, 4) is 5.75 Å². The third kappa shape index (κ3) is 4.73. The summed E-state index contributed by atoms with van der Waals surface area (Å²) < 4.78 is 5.82. The van der Waals surface area contributed by atoms with E-state index in [0.717, 1.165) is 63.2 Å². The summed E-state index contributed by atoms with van der Waals surface area (Å²) in [5.74, 6) is 0.841. The molecule has 0 saturated carbocycles. The minimum Gasteiger partial charge on any atom is -0.484 e. The lowest BCUT2D eigenvalue weighted by molar-refractivity contribution is -0.135. The molecule has 5 nitrogen and oxygen atoms in total. The molecule has 3 aromatic carbocycles. The zero-order valence-electron chi connectivity index (χ0n) is 18.5. The smallest absolute Gasteiger partial charge is 0.260 e. The maximum Gasteiger partial charge on any atom is 0.260 e. The van der Waals surface area contributed by atoms with Crippen molar-refractivity contribution in [2.24, 2.45) is 0 Å². The molecule has 0 radical (unpaired) electrons. The van der Waals surface area contributed by atoms with Crippen LogP contribution in [0.25, 0.3) is 10.8 Å². The van der Waals surface area contributed by atoms with Gasteiger partial charge in [-0.2, -0.15) is 0 Å². The number of carbonyl (C=O) groups is 1. The van der Waals surface area contributed by atoms with Crippen LogP contribution >= 0.6 is 0 Å². The highest BCUT2D eigenvalue weighted by Gasteiger charge is 2.29. The molecular weight excluding hydrogens is 398 g/mol. The van der Waals surface area contributed by atoms with E-state index < -0.39 is 0 Å². The molecule has 2 aliphatic heterocycles. The predicted molar refractivity (Wildman–Crippen MR) is 129 cm³/mol. The summed E-state index contributed by atoms with van der Waals surface area (Å²) in [6, 6.07) is 25.4.